The fourth-order valence-electron chi connectivity index (χ4n) is 3.59. The summed E-state index contributed by atoms with van der Waals surface area (Å²) in [7, 11) is 0. The first kappa shape index (κ1) is 20.1. The van der Waals surface area contributed by atoms with Crippen LogP contribution in [0.5, 0.6) is 0 Å². The van der Waals surface area contributed by atoms with Crippen molar-refractivity contribution in [1.82, 2.24) is 9.55 Å². The number of imidazole rings is 1. The monoisotopic (exact) mass is 408 g/mol. The predicted molar refractivity (Wildman–Crippen MR) is 114 cm³/mol. The van der Waals surface area contributed by atoms with Crippen molar-refractivity contribution in [3.63, 3.8) is 0 Å². The number of anilines is 2. The first-order chi connectivity index (χ1) is 14.6. The van der Waals surface area contributed by atoms with Crippen molar-refractivity contribution >= 4 is 34.5 Å². The number of carbonyl (C=O) groups excluding carboxylic acids is 2. The van der Waals surface area contributed by atoms with E-state index in [-0.39, 0.29) is 25.0 Å². The van der Waals surface area contributed by atoms with E-state index >= 15 is 0 Å². The maximum absolute atomic E-state index is 12.7. The molecule has 156 valence electrons. The number of benzene rings is 2. The minimum atomic E-state index is -0.247. The van der Waals surface area contributed by atoms with Gasteiger partial charge in [-0.2, -0.15) is 0 Å². The number of aromatic nitrogens is 2. The van der Waals surface area contributed by atoms with Crippen LogP contribution in [0.25, 0.3) is 11.0 Å². The Balaban J connectivity index is 1.68. The number of morpholine rings is 1. The summed E-state index contributed by atoms with van der Waals surface area (Å²) in [5, 5.41) is 12.2. The smallest absolute Gasteiger partial charge is 0.257 e. The number of hydrogen-bond acceptors (Lipinski definition) is 5. The Bertz CT molecular complexity index is 1090. The molecular weight excluding hydrogens is 384 g/mol. The van der Waals surface area contributed by atoms with Crippen LogP contribution in [0.15, 0.2) is 42.5 Å². The molecule has 1 aromatic heterocycles. The van der Waals surface area contributed by atoms with Crippen LogP contribution in [-0.4, -0.2) is 52.8 Å². The van der Waals surface area contributed by atoms with Crippen molar-refractivity contribution in [3.8, 4) is 0 Å². The second-order valence-electron chi connectivity index (χ2n) is 7.26. The van der Waals surface area contributed by atoms with Crippen molar-refractivity contribution < 1.29 is 19.4 Å². The van der Waals surface area contributed by atoms with Crippen LogP contribution in [0.1, 0.15) is 22.3 Å². The van der Waals surface area contributed by atoms with Gasteiger partial charge in [0.15, 0.2) is 0 Å². The molecule has 30 heavy (non-hydrogen) atoms. The molecule has 0 bridgehead atoms. The molecule has 2 heterocycles. The summed E-state index contributed by atoms with van der Waals surface area (Å²) in [5.74, 6) is 0.0755. The minimum absolute atomic E-state index is 0.0330. The van der Waals surface area contributed by atoms with Crippen LogP contribution in [0, 0.1) is 6.92 Å². The van der Waals surface area contributed by atoms with E-state index in [0.29, 0.717) is 43.1 Å². The van der Waals surface area contributed by atoms with E-state index in [0.717, 1.165) is 16.8 Å². The first-order valence-electron chi connectivity index (χ1n) is 9.94. The zero-order valence-electron chi connectivity index (χ0n) is 16.8. The Kier molecular flexibility index (Phi) is 5.78. The summed E-state index contributed by atoms with van der Waals surface area (Å²) in [4.78, 5) is 31.2. The van der Waals surface area contributed by atoms with Gasteiger partial charge in [0.2, 0.25) is 5.95 Å². The number of aliphatic hydroxyl groups is 1. The van der Waals surface area contributed by atoms with Gasteiger partial charge in [-0.3, -0.25) is 14.9 Å². The molecule has 0 radical (unpaired) electrons. The van der Waals surface area contributed by atoms with Crippen LogP contribution in [0.3, 0.4) is 0 Å². The summed E-state index contributed by atoms with van der Waals surface area (Å²) >= 11 is 0. The van der Waals surface area contributed by atoms with Crippen LogP contribution < -0.4 is 10.2 Å². The molecule has 8 nitrogen and oxygen atoms in total. The zero-order valence-corrected chi connectivity index (χ0v) is 16.8. The molecule has 2 amide bonds. The van der Waals surface area contributed by atoms with Crippen LogP contribution in [0.4, 0.5) is 11.6 Å². The zero-order chi connectivity index (χ0) is 21.1. The van der Waals surface area contributed by atoms with Gasteiger partial charge in [0.25, 0.3) is 11.8 Å². The van der Waals surface area contributed by atoms with E-state index in [1.807, 2.05) is 47.9 Å². The van der Waals surface area contributed by atoms with Crippen LogP contribution >= 0.6 is 0 Å². The highest BCUT2D eigenvalue weighted by Crippen LogP contribution is 2.26. The number of hydrogen-bond donors (Lipinski definition) is 2. The lowest BCUT2D eigenvalue weighted by atomic mass is 10.1. The van der Waals surface area contributed by atoms with Crippen LogP contribution in [0.2, 0.25) is 0 Å². The van der Waals surface area contributed by atoms with Gasteiger partial charge in [0.05, 0.1) is 17.6 Å². The molecule has 1 aliphatic heterocycles. The lowest BCUT2D eigenvalue weighted by Crippen LogP contribution is -2.41. The van der Waals surface area contributed by atoms with Crippen LogP contribution in [-0.2, 0) is 16.1 Å². The summed E-state index contributed by atoms with van der Waals surface area (Å²) < 4.78 is 7.08. The number of carbonyl (C=O) groups is 2. The quantitative estimate of drug-likeness (QED) is 0.653. The SMILES string of the molecule is Cc1cccc(C(=O)Nc2nc3cc(N4CCOCC4=O)ccc3n2CCCO)c1. The molecule has 8 heteroatoms. The number of rotatable bonds is 6. The van der Waals surface area contributed by atoms with Crippen molar-refractivity contribution in [1.29, 1.82) is 0 Å². The van der Waals surface area contributed by atoms with Gasteiger partial charge in [-0.15, -0.1) is 0 Å². The van der Waals surface area contributed by atoms with E-state index < -0.39 is 0 Å². The molecule has 0 spiro atoms. The van der Waals surface area contributed by atoms with Gasteiger partial charge >= 0.3 is 0 Å². The largest absolute Gasteiger partial charge is 0.396 e. The average Bonchev–Trinajstić information content (AvgIpc) is 3.08. The topological polar surface area (TPSA) is 96.7 Å². The Morgan fingerprint density at radius 3 is 2.90 bits per heavy atom. The van der Waals surface area contributed by atoms with E-state index in [1.165, 1.54) is 0 Å². The highest BCUT2D eigenvalue weighted by atomic mass is 16.5. The molecule has 1 aliphatic rings. The Morgan fingerprint density at radius 2 is 2.13 bits per heavy atom. The minimum Gasteiger partial charge on any atom is -0.396 e. The van der Waals surface area contributed by atoms with E-state index in [4.69, 9.17) is 4.74 Å². The maximum atomic E-state index is 12.7. The van der Waals surface area contributed by atoms with Crippen molar-refractivity contribution in [2.45, 2.75) is 19.9 Å². The van der Waals surface area contributed by atoms with Gasteiger partial charge in [0, 0.05) is 30.9 Å². The molecule has 4 rings (SSSR count). The summed E-state index contributed by atoms with van der Waals surface area (Å²) in [6, 6.07) is 12.9. The van der Waals surface area contributed by atoms with Gasteiger partial charge < -0.3 is 19.3 Å². The van der Waals surface area contributed by atoms with Gasteiger partial charge in [0.1, 0.15) is 6.61 Å². The molecule has 1 fully saturated rings. The lowest BCUT2D eigenvalue weighted by Gasteiger charge is -2.26. The number of fused-ring (bicyclic) bond motifs is 1. The van der Waals surface area contributed by atoms with E-state index in [2.05, 4.69) is 10.3 Å². The molecule has 0 unspecified atom stereocenters. The Morgan fingerprint density at radius 1 is 1.27 bits per heavy atom. The molecule has 0 aliphatic carbocycles. The Hall–Kier alpha value is -3.23. The number of aryl methyl sites for hydroxylation is 2. The normalized spacial score (nSPS) is 14.3. The molecule has 2 N–H and O–H groups in total. The third-order valence-electron chi connectivity index (χ3n) is 5.07. The third kappa shape index (κ3) is 4.05. The molecule has 1 saturated heterocycles. The van der Waals surface area contributed by atoms with Gasteiger partial charge in [-0.1, -0.05) is 17.7 Å². The number of ether oxygens (including phenoxy) is 1. The molecule has 3 aromatic rings. The van der Waals surface area contributed by atoms with E-state index in [9.17, 15) is 14.7 Å². The fourth-order valence-corrected chi connectivity index (χ4v) is 3.59. The second kappa shape index (κ2) is 8.64. The number of amides is 2. The first-order valence-corrected chi connectivity index (χ1v) is 9.94. The van der Waals surface area contributed by atoms with Gasteiger partial charge in [-0.05, 0) is 43.7 Å². The summed E-state index contributed by atoms with van der Waals surface area (Å²) in [5.41, 5.74) is 3.79. The standard InChI is InChI=1S/C22H24N4O4/c1-15-4-2-5-16(12-15)21(29)24-22-23-18-13-17(25-9-11-30-14-20(25)28)6-7-19(18)26(22)8-3-10-27/h2,4-7,12-13,27H,3,8-11,14H2,1H3,(H,23,24,29). The summed E-state index contributed by atoms with van der Waals surface area (Å²) in [6.45, 7) is 3.53. The number of nitrogens with zero attached hydrogens (tertiary/aromatic N) is 3. The maximum Gasteiger partial charge on any atom is 0.257 e. The summed E-state index contributed by atoms with van der Waals surface area (Å²) in [6.07, 6.45) is 0.530. The fraction of sp³-hybridized carbons (Fsp3) is 0.318. The number of nitrogens with one attached hydrogen (secondary N) is 1. The third-order valence-corrected chi connectivity index (χ3v) is 5.07. The molecule has 2 aromatic carbocycles. The van der Waals surface area contributed by atoms with Crippen molar-refractivity contribution in [3.05, 3.63) is 53.6 Å². The highest BCUT2D eigenvalue weighted by molar-refractivity contribution is 6.04. The highest BCUT2D eigenvalue weighted by Gasteiger charge is 2.22. The van der Waals surface area contributed by atoms with E-state index in [1.54, 1.807) is 11.0 Å². The van der Waals surface area contributed by atoms with Gasteiger partial charge in [-0.25, -0.2) is 4.98 Å². The van der Waals surface area contributed by atoms with Crippen molar-refractivity contribution in [2.75, 3.05) is 36.6 Å². The molecular formula is C22H24N4O4. The second-order valence-corrected chi connectivity index (χ2v) is 7.26. The Labute approximate surface area is 174 Å². The average molecular weight is 408 g/mol. The molecule has 0 atom stereocenters. The molecule has 0 saturated carbocycles. The predicted octanol–water partition coefficient (Wildman–Crippen LogP) is 2.34. The lowest BCUT2D eigenvalue weighted by molar-refractivity contribution is -0.125. The number of aliphatic hydroxyl groups excluding tert-OH is 1. The van der Waals surface area contributed by atoms with Crippen molar-refractivity contribution in [2.24, 2.45) is 0 Å².